The summed E-state index contributed by atoms with van der Waals surface area (Å²) in [7, 11) is 0. The van der Waals surface area contributed by atoms with Crippen LogP contribution >= 0.6 is 11.5 Å². The smallest absolute Gasteiger partial charge is 0.324 e. The Morgan fingerprint density at radius 3 is 2.69 bits per heavy atom. The minimum absolute atomic E-state index is 0.186. The molecule has 1 aromatic carbocycles. The van der Waals surface area contributed by atoms with Gasteiger partial charge in [-0.25, -0.2) is 4.79 Å². The van der Waals surface area contributed by atoms with E-state index in [-0.39, 0.29) is 24.0 Å². The Morgan fingerprint density at radius 1 is 1.27 bits per heavy atom. The molecular weight excluding hydrogens is 352 g/mol. The fourth-order valence-electron chi connectivity index (χ4n) is 2.82. The molecule has 8 heteroatoms. The molecule has 0 aliphatic heterocycles. The lowest BCUT2D eigenvalue weighted by atomic mass is 10.1. The summed E-state index contributed by atoms with van der Waals surface area (Å²) in [5.41, 5.74) is 2.34. The molecule has 0 atom stereocenters. The van der Waals surface area contributed by atoms with Gasteiger partial charge < -0.3 is 5.32 Å². The fraction of sp³-hybridized carbons (Fsp3) is 0.333. The lowest BCUT2D eigenvalue weighted by Gasteiger charge is -2.14. The maximum absolute atomic E-state index is 12.8. The first-order chi connectivity index (χ1) is 12.3. The van der Waals surface area contributed by atoms with E-state index >= 15 is 0 Å². The quantitative estimate of drug-likeness (QED) is 0.762. The Bertz CT molecular complexity index is 1110. The first kappa shape index (κ1) is 18.1. The second-order valence-corrected chi connectivity index (χ2v) is 7.18. The van der Waals surface area contributed by atoms with Gasteiger partial charge in [0, 0.05) is 17.1 Å². The third-order valence-corrected chi connectivity index (χ3v) is 4.80. The molecular formula is C18H20N4O3S. The van der Waals surface area contributed by atoms with Crippen molar-refractivity contribution >= 4 is 34.2 Å². The van der Waals surface area contributed by atoms with Crippen LogP contribution in [0.25, 0.3) is 11.0 Å². The number of aromatic nitrogens is 3. The number of anilines is 1. The highest BCUT2D eigenvalue weighted by atomic mass is 32.1. The summed E-state index contributed by atoms with van der Waals surface area (Å²) in [6, 6.07) is 5.45. The Labute approximate surface area is 154 Å². The van der Waals surface area contributed by atoms with Crippen molar-refractivity contribution in [3.05, 3.63) is 55.5 Å². The number of rotatable bonds is 4. The predicted octanol–water partition coefficient (Wildman–Crippen LogP) is 2.46. The molecule has 0 unspecified atom stereocenters. The third-order valence-electron chi connectivity index (χ3n) is 4.19. The molecule has 2 aromatic heterocycles. The fourth-order valence-corrected chi connectivity index (χ4v) is 3.49. The molecule has 7 nitrogen and oxygen atoms in total. The normalized spacial score (nSPS) is 11.3. The number of aryl methyl sites for hydroxylation is 2. The van der Waals surface area contributed by atoms with Gasteiger partial charge in [-0.15, -0.1) is 0 Å². The molecule has 1 N–H and O–H groups in total. The summed E-state index contributed by atoms with van der Waals surface area (Å²) in [5.74, 6) is -0.331. The molecule has 0 fully saturated rings. The Kier molecular flexibility index (Phi) is 4.78. The van der Waals surface area contributed by atoms with Crippen molar-refractivity contribution in [2.75, 3.05) is 5.32 Å². The lowest BCUT2D eigenvalue weighted by molar-refractivity contribution is -0.116. The molecule has 26 heavy (non-hydrogen) atoms. The van der Waals surface area contributed by atoms with Gasteiger partial charge in [-0.3, -0.25) is 18.7 Å². The van der Waals surface area contributed by atoms with E-state index in [0.717, 1.165) is 27.2 Å². The average molecular weight is 372 g/mol. The molecule has 0 saturated carbocycles. The number of benzene rings is 1. The van der Waals surface area contributed by atoms with Crippen molar-refractivity contribution < 1.29 is 4.79 Å². The summed E-state index contributed by atoms with van der Waals surface area (Å²) in [4.78, 5) is 37.8. The Morgan fingerprint density at radius 2 is 2.00 bits per heavy atom. The number of carbonyl (C=O) groups excluding carboxylic acids is 1. The number of hydrogen-bond acceptors (Lipinski definition) is 5. The van der Waals surface area contributed by atoms with Crippen LogP contribution in [0.5, 0.6) is 0 Å². The van der Waals surface area contributed by atoms with Crippen molar-refractivity contribution in [1.82, 2.24) is 13.5 Å². The van der Waals surface area contributed by atoms with Crippen LogP contribution < -0.4 is 16.6 Å². The van der Waals surface area contributed by atoms with Gasteiger partial charge in [0.15, 0.2) is 5.52 Å². The molecule has 0 aliphatic rings. The van der Waals surface area contributed by atoms with Crippen molar-refractivity contribution in [1.29, 1.82) is 0 Å². The van der Waals surface area contributed by atoms with Crippen LogP contribution in [-0.4, -0.2) is 19.4 Å². The SMILES string of the molecule is Cc1ccc(C)c(NC(=O)Cn2c(=O)n(C(C)C)c(=O)c3nscc32)c1. The minimum Gasteiger partial charge on any atom is -0.324 e. The van der Waals surface area contributed by atoms with Crippen LogP contribution in [0.2, 0.25) is 0 Å². The zero-order chi connectivity index (χ0) is 19.0. The van der Waals surface area contributed by atoms with Crippen LogP contribution in [-0.2, 0) is 11.3 Å². The van der Waals surface area contributed by atoms with E-state index in [4.69, 9.17) is 0 Å². The Hall–Kier alpha value is -2.74. The largest absolute Gasteiger partial charge is 0.332 e. The van der Waals surface area contributed by atoms with E-state index in [1.807, 2.05) is 32.0 Å². The number of nitrogens with zero attached hydrogens (tertiary/aromatic N) is 3. The van der Waals surface area contributed by atoms with Gasteiger partial charge in [0.25, 0.3) is 5.56 Å². The topological polar surface area (TPSA) is 86.0 Å². The summed E-state index contributed by atoms with van der Waals surface area (Å²) in [6.45, 7) is 7.16. The molecule has 136 valence electrons. The van der Waals surface area contributed by atoms with Crippen molar-refractivity contribution in [3.63, 3.8) is 0 Å². The van der Waals surface area contributed by atoms with Gasteiger partial charge in [-0.2, -0.15) is 4.37 Å². The highest BCUT2D eigenvalue weighted by molar-refractivity contribution is 7.04. The monoisotopic (exact) mass is 372 g/mol. The van der Waals surface area contributed by atoms with E-state index in [1.54, 1.807) is 19.2 Å². The van der Waals surface area contributed by atoms with Crippen LogP contribution in [0.1, 0.15) is 31.0 Å². The maximum Gasteiger partial charge on any atom is 0.332 e. The first-order valence-electron chi connectivity index (χ1n) is 8.26. The molecule has 0 aliphatic carbocycles. The number of nitrogens with one attached hydrogen (secondary N) is 1. The molecule has 0 bridgehead atoms. The third kappa shape index (κ3) is 3.20. The zero-order valence-corrected chi connectivity index (χ0v) is 15.9. The molecule has 3 aromatic rings. The number of carbonyl (C=O) groups is 1. The van der Waals surface area contributed by atoms with Crippen molar-refractivity contribution in [2.24, 2.45) is 0 Å². The van der Waals surface area contributed by atoms with Crippen LogP contribution in [0.3, 0.4) is 0 Å². The van der Waals surface area contributed by atoms with Crippen LogP contribution in [0.4, 0.5) is 5.69 Å². The second-order valence-electron chi connectivity index (χ2n) is 6.55. The van der Waals surface area contributed by atoms with Gasteiger partial charge in [0.2, 0.25) is 5.91 Å². The lowest BCUT2D eigenvalue weighted by Crippen LogP contribution is -2.42. The van der Waals surface area contributed by atoms with Crippen molar-refractivity contribution in [3.8, 4) is 0 Å². The molecule has 0 spiro atoms. The number of amides is 1. The average Bonchev–Trinajstić information content (AvgIpc) is 3.04. The molecule has 0 saturated heterocycles. The molecule has 1 amide bonds. The standard InChI is InChI=1S/C18H20N4O3S/c1-10(2)22-17(24)16-14(9-26-20-16)21(18(22)25)8-15(23)19-13-7-11(3)5-6-12(13)4/h5-7,9-10H,8H2,1-4H3,(H,19,23). The highest BCUT2D eigenvalue weighted by Gasteiger charge is 2.19. The minimum atomic E-state index is -0.506. The van der Waals surface area contributed by atoms with E-state index in [0.29, 0.717) is 11.2 Å². The zero-order valence-electron chi connectivity index (χ0n) is 15.1. The van der Waals surface area contributed by atoms with Gasteiger partial charge in [0.1, 0.15) is 6.54 Å². The maximum atomic E-state index is 12.8. The van der Waals surface area contributed by atoms with E-state index in [2.05, 4.69) is 9.69 Å². The first-order valence-corrected chi connectivity index (χ1v) is 9.09. The molecule has 0 radical (unpaired) electrons. The summed E-state index contributed by atoms with van der Waals surface area (Å²) in [5, 5.41) is 4.46. The second kappa shape index (κ2) is 6.87. The van der Waals surface area contributed by atoms with Gasteiger partial charge in [-0.05, 0) is 56.4 Å². The molecule has 3 rings (SSSR count). The van der Waals surface area contributed by atoms with Crippen molar-refractivity contribution in [2.45, 2.75) is 40.3 Å². The number of hydrogen-bond donors (Lipinski definition) is 1. The summed E-state index contributed by atoms with van der Waals surface area (Å²) in [6.07, 6.45) is 0. The van der Waals surface area contributed by atoms with Crippen LogP contribution in [0, 0.1) is 13.8 Å². The van der Waals surface area contributed by atoms with Crippen LogP contribution in [0.15, 0.2) is 33.2 Å². The summed E-state index contributed by atoms with van der Waals surface area (Å²) < 4.78 is 6.54. The Balaban J connectivity index is 2.02. The van der Waals surface area contributed by atoms with E-state index < -0.39 is 11.2 Å². The van der Waals surface area contributed by atoms with E-state index in [1.165, 1.54) is 4.57 Å². The molecule has 2 heterocycles. The van der Waals surface area contributed by atoms with Gasteiger partial charge in [-0.1, -0.05) is 12.1 Å². The van der Waals surface area contributed by atoms with E-state index in [9.17, 15) is 14.4 Å². The number of fused-ring (bicyclic) bond motifs is 1. The highest BCUT2D eigenvalue weighted by Crippen LogP contribution is 2.17. The summed E-state index contributed by atoms with van der Waals surface area (Å²) >= 11 is 1.09. The van der Waals surface area contributed by atoms with Gasteiger partial charge in [0.05, 0.1) is 5.52 Å². The predicted molar refractivity (Wildman–Crippen MR) is 103 cm³/mol. The van der Waals surface area contributed by atoms with Gasteiger partial charge >= 0.3 is 5.69 Å².